The molecule has 0 unspecified atom stereocenters. The number of hydrogen-bond acceptors (Lipinski definition) is 2. The minimum Gasteiger partial charge on any atom is -0.480 e. The summed E-state index contributed by atoms with van der Waals surface area (Å²) < 4.78 is 77.5. The van der Waals surface area contributed by atoms with Crippen LogP contribution in [0.1, 0.15) is 28.7 Å². The lowest BCUT2D eigenvalue weighted by molar-refractivity contribution is -0.143. The van der Waals surface area contributed by atoms with Gasteiger partial charge in [-0.25, -0.2) is 4.79 Å². The Kier molecular flexibility index (Phi) is 7.48. The molecule has 0 aromatic heterocycles. The summed E-state index contributed by atoms with van der Waals surface area (Å²) in [4.78, 5) is 23.5. The molecule has 0 fully saturated rings. The predicted octanol–water partition coefficient (Wildman–Crippen LogP) is 4.94. The molecule has 0 heterocycles. The van der Waals surface area contributed by atoms with Crippen LogP contribution in [0.5, 0.6) is 0 Å². The van der Waals surface area contributed by atoms with Gasteiger partial charge in [0.2, 0.25) is 5.91 Å². The summed E-state index contributed by atoms with van der Waals surface area (Å²) in [6.45, 7) is 0. The van der Waals surface area contributed by atoms with Gasteiger partial charge in [-0.1, -0.05) is 42.5 Å². The number of carbonyl (C=O) groups is 2. The average molecular weight is 445 g/mol. The zero-order valence-electron chi connectivity index (χ0n) is 15.8. The zero-order chi connectivity index (χ0) is 23.2. The van der Waals surface area contributed by atoms with E-state index in [0.29, 0.717) is 12.1 Å². The highest BCUT2D eigenvalue weighted by molar-refractivity contribution is 5.85. The van der Waals surface area contributed by atoms with Crippen LogP contribution >= 0.6 is 0 Å². The van der Waals surface area contributed by atoms with E-state index in [4.69, 9.17) is 0 Å². The van der Waals surface area contributed by atoms with Crippen molar-refractivity contribution < 1.29 is 41.0 Å². The molecule has 2 N–H and O–H groups in total. The number of carboxylic acid groups (broad SMARTS) is 1. The molecule has 0 saturated carbocycles. The summed E-state index contributed by atoms with van der Waals surface area (Å²) in [6, 6.07) is 8.25. The quantitative estimate of drug-likeness (QED) is 0.594. The van der Waals surface area contributed by atoms with Crippen LogP contribution in [0.2, 0.25) is 0 Å². The molecule has 0 aliphatic heterocycles. The van der Waals surface area contributed by atoms with E-state index < -0.39 is 53.4 Å². The highest BCUT2D eigenvalue weighted by Gasteiger charge is 2.37. The normalized spacial score (nSPS) is 13.2. The Labute approximate surface area is 173 Å². The van der Waals surface area contributed by atoms with E-state index in [1.165, 1.54) is 6.08 Å². The lowest BCUT2D eigenvalue weighted by Gasteiger charge is -2.16. The van der Waals surface area contributed by atoms with Crippen LogP contribution in [0.25, 0.3) is 6.08 Å². The van der Waals surface area contributed by atoms with E-state index in [9.17, 15) is 41.0 Å². The van der Waals surface area contributed by atoms with E-state index in [0.717, 1.165) is 5.56 Å². The molecule has 166 valence electrons. The highest BCUT2D eigenvalue weighted by Crippen LogP contribution is 2.36. The SMILES string of the molecule is O=C(Cc1cc(C(F)(F)F)cc(C(F)(F)F)c1)N[C@H](C/C=C/c1ccccc1)C(=O)O. The average Bonchev–Trinajstić information content (AvgIpc) is 2.66. The molecule has 10 heteroatoms. The van der Waals surface area contributed by atoms with Gasteiger partial charge >= 0.3 is 18.3 Å². The second-order valence-electron chi connectivity index (χ2n) is 6.60. The Hall–Kier alpha value is -3.30. The molecule has 2 aromatic carbocycles. The number of aliphatic carboxylic acids is 1. The second kappa shape index (κ2) is 9.67. The summed E-state index contributed by atoms with van der Waals surface area (Å²) in [7, 11) is 0. The molecular weight excluding hydrogens is 428 g/mol. The maximum Gasteiger partial charge on any atom is 0.416 e. The molecule has 31 heavy (non-hydrogen) atoms. The number of amides is 1. The summed E-state index contributed by atoms with van der Waals surface area (Å²) in [5.74, 6) is -2.42. The van der Waals surface area contributed by atoms with Gasteiger partial charge in [-0.15, -0.1) is 0 Å². The number of benzene rings is 2. The van der Waals surface area contributed by atoms with Gasteiger partial charge in [-0.2, -0.15) is 26.3 Å². The highest BCUT2D eigenvalue weighted by atomic mass is 19.4. The van der Waals surface area contributed by atoms with Gasteiger partial charge < -0.3 is 10.4 Å². The summed E-state index contributed by atoms with van der Waals surface area (Å²) in [6.07, 6.45) is -7.97. The van der Waals surface area contributed by atoms with Gasteiger partial charge in [0.25, 0.3) is 0 Å². The molecule has 4 nitrogen and oxygen atoms in total. The molecule has 0 bridgehead atoms. The first kappa shape index (κ1) is 24.0. The minimum atomic E-state index is -5.04. The molecule has 2 rings (SSSR count). The Morgan fingerprint density at radius 2 is 1.48 bits per heavy atom. The Bertz CT molecular complexity index is 920. The van der Waals surface area contributed by atoms with Crippen molar-refractivity contribution in [2.45, 2.75) is 31.2 Å². The van der Waals surface area contributed by atoms with Crippen molar-refractivity contribution in [3.63, 3.8) is 0 Å². The number of carbonyl (C=O) groups excluding carboxylic acids is 1. The fourth-order valence-corrected chi connectivity index (χ4v) is 2.68. The largest absolute Gasteiger partial charge is 0.480 e. The maximum atomic E-state index is 12.9. The first-order valence-corrected chi connectivity index (χ1v) is 8.88. The molecule has 1 atom stereocenters. The Balaban J connectivity index is 2.13. The first-order valence-electron chi connectivity index (χ1n) is 8.88. The number of carboxylic acids is 1. The van der Waals surface area contributed by atoms with Crippen LogP contribution in [0.3, 0.4) is 0 Å². The van der Waals surface area contributed by atoms with E-state index in [1.54, 1.807) is 36.4 Å². The lowest BCUT2D eigenvalue weighted by Crippen LogP contribution is -2.41. The lowest BCUT2D eigenvalue weighted by atomic mass is 10.0. The van der Waals surface area contributed by atoms with Crippen LogP contribution in [0, 0.1) is 0 Å². The molecule has 2 aromatic rings. The smallest absolute Gasteiger partial charge is 0.416 e. The second-order valence-corrected chi connectivity index (χ2v) is 6.60. The standard InChI is InChI=1S/C21H17F6NO3/c22-20(23,24)15-9-14(10-16(12-15)21(25,26)27)11-18(29)28-17(19(30)31)8-4-7-13-5-2-1-3-6-13/h1-7,9-10,12,17H,8,11H2,(H,28,29)(H,30,31)/b7-4+/t17-/m1/s1. The van der Waals surface area contributed by atoms with E-state index >= 15 is 0 Å². The van der Waals surface area contributed by atoms with Gasteiger partial charge in [-0.05, 0) is 35.7 Å². The van der Waals surface area contributed by atoms with Gasteiger partial charge in [0, 0.05) is 0 Å². The monoisotopic (exact) mass is 445 g/mol. The minimum absolute atomic E-state index is 0.0458. The third-order valence-corrected chi connectivity index (χ3v) is 4.13. The predicted molar refractivity (Wildman–Crippen MR) is 99.8 cm³/mol. The fourth-order valence-electron chi connectivity index (χ4n) is 2.68. The van der Waals surface area contributed by atoms with Gasteiger partial charge in [0.1, 0.15) is 6.04 Å². The molecule has 0 spiro atoms. The van der Waals surface area contributed by atoms with Crippen molar-refractivity contribution >= 4 is 18.0 Å². The number of halogens is 6. The summed E-state index contributed by atoms with van der Waals surface area (Å²) in [5.41, 5.74) is -2.86. The molecular formula is C21H17F6NO3. The summed E-state index contributed by atoms with van der Waals surface area (Å²) in [5, 5.41) is 11.4. The molecule has 0 radical (unpaired) electrons. The van der Waals surface area contributed by atoms with E-state index in [1.807, 2.05) is 0 Å². The Morgan fingerprint density at radius 1 is 0.935 bits per heavy atom. The van der Waals surface area contributed by atoms with Gasteiger partial charge in [0.15, 0.2) is 0 Å². The van der Waals surface area contributed by atoms with Crippen molar-refractivity contribution in [3.8, 4) is 0 Å². The number of rotatable bonds is 7. The number of hydrogen-bond donors (Lipinski definition) is 2. The summed E-state index contributed by atoms with van der Waals surface area (Å²) >= 11 is 0. The third-order valence-electron chi connectivity index (χ3n) is 4.13. The van der Waals surface area contributed by atoms with Gasteiger partial charge in [-0.3, -0.25) is 4.79 Å². The van der Waals surface area contributed by atoms with E-state index in [-0.39, 0.29) is 12.5 Å². The van der Waals surface area contributed by atoms with Crippen molar-refractivity contribution in [1.82, 2.24) is 5.32 Å². The molecule has 0 aliphatic rings. The first-order chi connectivity index (χ1) is 14.4. The van der Waals surface area contributed by atoms with Crippen molar-refractivity contribution in [2.24, 2.45) is 0 Å². The third kappa shape index (κ3) is 7.47. The van der Waals surface area contributed by atoms with Crippen molar-refractivity contribution in [2.75, 3.05) is 0 Å². The topological polar surface area (TPSA) is 66.4 Å². The molecule has 1 amide bonds. The molecule has 0 aliphatic carbocycles. The van der Waals surface area contributed by atoms with Crippen molar-refractivity contribution in [1.29, 1.82) is 0 Å². The van der Waals surface area contributed by atoms with Crippen LogP contribution in [-0.2, 0) is 28.4 Å². The van der Waals surface area contributed by atoms with Crippen LogP contribution in [-0.4, -0.2) is 23.0 Å². The maximum absolute atomic E-state index is 12.9. The fraction of sp³-hybridized carbons (Fsp3) is 0.238. The van der Waals surface area contributed by atoms with Crippen molar-refractivity contribution in [3.05, 3.63) is 76.9 Å². The number of nitrogens with one attached hydrogen (secondary N) is 1. The van der Waals surface area contributed by atoms with E-state index in [2.05, 4.69) is 5.32 Å². The molecule has 0 saturated heterocycles. The van der Waals surface area contributed by atoms with Crippen LogP contribution in [0.4, 0.5) is 26.3 Å². The van der Waals surface area contributed by atoms with Gasteiger partial charge in [0.05, 0.1) is 17.5 Å². The zero-order valence-corrected chi connectivity index (χ0v) is 15.8. The number of alkyl halides is 6. The Morgan fingerprint density at radius 3 is 1.97 bits per heavy atom. The van der Waals surface area contributed by atoms with Crippen LogP contribution < -0.4 is 5.32 Å². The van der Waals surface area contributed by atoms with Crippen LogP contribution in [0.15, 0.2) is 54.6 Å².